The minimum atomic E-state index is -0.153. The van der Waals surface area contributed by atoms with E-state index in [1.54, 1.807) is 12.4 Å². The second-order valence-corrected chi connectivity index (χ2v) is 7.12. The molecule has 2 aliphatic rings. The summed E-state index contributed by atoms with van der Waals surface area (Å²) in [6.07, 6.45) is 13.6. The van der Waals surface area contributed by atoms with Crippen molar-refractivity contribution in [2.45, 2.75) is 63.9 Å². The predicted octanol–water partition coefficient (Wildman–Crippen LogP) is 2.89. The number of carbonyl (C=O) groups is 1. The summed E-state index contributed by atoms with van der Waals surface area (Å²) in [7, 11) is 0. The van der Waals surface area contributed by atoms with Gasteiger partial charge in [0.25, 0.3) is 0 Å². The van der Waals surface area contributed by atoms with E-state index in [2.05, 4.69) is 15.3 Å². The second-order valence-electron chi connectivity index (χ2n) is 7.12. The molecule has 3 N–H and O–H groups in total. The maximum absolute atomic E-state index is 11.2. The average molecular weight is 332 g/mol. The third-order valence-corrected chi connectivity index (χ3v) is 5.27. The van der Waals surface area contributed by atoms with Crippen molar-refractivity contribution in [3.63, 3.8) is 0 Å². The number of primary amides is 1. The monoisotopic (exact) mass is 332 g/mol. The lowest BCUT2D eigenvalue weighted by Crippen LogP contribution is -2.29. The van der Waals surface area contributed by atoms with E-state index < -0.39 is 0 Å². The van der Waals surface area contributed by atoms with Gasteiger partial charge in [0.2, 0.25) is 11.8 Å². The van der Waals surface area contributed by atoms with E-state index in [1.807, 2.05) is 0 Å². The van der Waals surface area contributed by atoms with E-state index in [-0.39, 0.29) is 17.9 Å². The quantitative estimate of drug-likeness (QED) is 0.836. The van der Waals surface area contributed by atoms with Crippen molar-refractivity contribution >= 4 is 11.7 Å². The molecule has 1 heterocycles. The molecule has 6 heteroatoms. The summed E-state index contributed by atoms with van der Waals surface area (Å²) in [4.78, 5) is 20.0. The van der Waals surface area contributed by atoms with Gasteiger partial charge < -0.3 is 15.8 Å². The van der Waals surface area contributed by atoms with Crippen molar-refractivity contribution in [3.05, 3.63) is 12.4 Å². The first-order valence-electron chi connectivity index (χ1n) is 9.22. The Kier molecular flexibility index (Phi) is 5.88. The minimum absolute atomic E-state index is 0.0632. The first-order chi connectivity index (χ1) is 11.7. The largest absolute Gasteiger partial charge is 0.473 e. The van der Waals surface area contributed by atoms with Crippen molar-refractivity contribution < 1.29 is 9.53 Å². The molecule has 0 radical (unpaired) electrons. The van der Waals surface area contributed by atoms with Gasteiger partial charge >= 0.3 is 0 Å². The van der Waals surface area contributed by atoms with Gasteiger partial charge in [0.1, 0.15) is 11.9 Å². The number of carbonyl (C=O) groups excluding carboxylic acids is 1. The average Bonchev–Trinajstić information content (AvgIpc) is 2.61. The zero-order valence-electron chi connectivity index (χ0n) is 14.2. The molecule has 0 spiro atoms. The molecule has 1 amide bonds. The summed E-state index contributed by atoms with van der Waals surface area (Å²) in [5, 5.41) is 3.37. The molecule has 1 aromatic rings. The molecule has 0 unspecified atom stereocenters. The molecule has 2 aliphatic carbocycles. The highest BCUT2D eigenvalue weighted by Gasteiger charge is 2.24. The molecule has 132 valence electrons. The Bertz CT molecular complexity index is 538. The lowest BCUT2D eigenvalue weighted by Gasteiger charge is -2.27. The van der Waals surface area contributed by atoms with Crippen LogP contribution in [0.15, 0.2) is 12.4 Å². The van der Waals surface area contributed by atoms with E-state index >= 15 is 0 Å². The van der Waals surface area contributed by atoms with Crippen molar-refractivity contribution in [3.8, 4) is 5.88 Å². The maximum atomic E-state index is 11.2. The number of rotatable bonds is 6. The third kappa shape index (κ3) is 4.82. The van der Waals surface area contributed by atoms with Crippen LogP contribution in [-0.2, 0) is 4.79 Å². The molecule has 0 aromatic carbocycles. The van der Waals surface area contributed by atoms with Gasteiger partial charge in [0, 0.05) is 12.5 Å². The molecule has 0 bridgehead atoms. The van der Waals surface area contributed by atoms with Crippen LogP contribution in [0.2, 0.25) is 0 Å². The van der Waals surface area contributed by atoms with E-state index in [9.17, 15) is 4.79 Å². The molecule has 1 aromatic heterocycles. The first-order valence-corrected chi connectivity index (χ1v) is 9.22. The van der Waals surface area contributed by atoms with Crippen LogP contribution in [0.25, 0.3) is 0 Å². The minimum Gasteiger partial charge on any atom is -0.473 e. The molecular formula is C18H28N4O2. The second kappa shape index (κ2) is 8.31. The summed E-state index contributed by atoms with van der Waals surface area (Å²) in [6, 6.07) is 0. The number of hydrogen-bond acceptors (Lipinski definition) is 5. The van der Waals surface area contributed by atoms with Crippen LogP contribution in [0.1, 0.15) is 57.8 Å². The van der Waals surface area contributed by atoms with E-state index in [1.165, 1.54) is 19.3 Å². The molecule has 6 nitrogen and oxygen atoms in total. The van der Waals surface area contributed by atoms with Crippen molar-refractivity contribution in [2.24, 2.45) is 17.6 Å². The summed E-state index contributed by atoms with van der Waals surface area (Å²) in [6.45, 7) is 0.854. The standard InChI is InChI=1S/C18H28N4O2/c19-18(23)14-8-6-13(7-9-14)10-21-16-11-20-12-17(22-16)24-15-4-2-1-3-5-15/h11-15H,1-10H2,(H2,19,23)(H,21,22). The summed E-state index contributed by atoms with van der Waals surface area (Å²) >= 11 is 0. The fourth-order valence-electron chi connectivity index (χ4n) is 3.74. The van der Waals surface area contributed by atoms with E-state index in [0.29, 0.717) is 11.8 Å². The highest BCUT2D eigenvalue weighted by atomic mass is 16.5. The van der Waals surface area contributed by atoms with Crippen molar-refractivity contribution in [1.29, 1.82) is 0 Å². The summed E-state index contributed by atoms with van der Waals surface area (Å²) < 4.78 is 5.96. The van der Waals surface area contributed by atoms with Crippen molar-refractivity contribution in [1.82, 2.24) is 9.97 Å². The Hall–Kier alpha value is -1.85. The number of amides is 1. The normalized spacial score (nSPS) is 25.2. The number of nitrogens with zero attached hydrogens (tertiary/aromatic N) is 2. The Balaban J connectivity index is 1.45. The molecule has 2 saturated carbocycles. The Morgan fingerprint density at radius 1 is 1.12 bits per heavy atom. The van der Waals surface area contributed by atoms with Crippen molar-refractivity contribution in [2.75, 3.05) is 11.9 Å². The Morgan fingerprint density at radius 3 is 2.58 bits per heavy atom. The molecule has 0 aliphatic heterocycles. The lowest BCUT2D eigenvalue weighted by atomic mass is 9.81. The van der Waals surface area contributed by atoms with Gasteiger partial charge in [-0.3, -0.25) is 9.78 Å². The highest BCUT2D eigenvalue weighted by molar-refractivity contribution is 5.76. The summed E-state index contributed by atoms with van der Waals surface area (Å²) in [5.74, 6) is 1.85. The van der Waals surface area contributed by atoms with Crippen LogP contribution < -0.4 is 15.8 Å². The molecule has 24 heavy (non-hydrogen) atoms. The predicted molar refractivity (Wildman–Crippen MR) is 92.7 cm³/mol. The van der Waals surface area contributed by atoms with Gasteiger partial charge in [-0.1, -0.05) is 6.42 Å². The van der Waals surface area contributed by atoms with E-state index in [0.717, 1.165) is 50.9 Å². The fraction of sp³-hybridized carbons (Fsp3) is 0.722. The molecule has 0 saturated heterocycles. The van der Waals surface area contributed by atoms with Gasteiger partial charge in [0.05, 0.1) is 12.4 Å². The Labute approximate surface area is 143 Å². The molecule has 0 atom stereocenters. The van der Waals surface area contributed by atoms with Gasteiger partial charge in [-0.25, -0.2) is 0 Å². The SMILES string of the molecule is NC(=O)C1CCC(CNc2cncc(OC3CCCCC3)n2)CC1. The number of ether oxygens (including phenoxy) is 1. The number of nitrogens with two attached hydrogens (primary N) is 1. The number of hydrogen-bond donors (Lipinski definition) is 2. The van der Waals surface area contributed by atoms with Gasteiger partial charge in [-0.15, -0.1) is 0 Å². The lowest BCUT2D eigenvalue weighted by molar-refractivity contribution is -0.122. The molecule has 2 fully saturated rings. The fourth-order valence-corrected chi connectivity index (χ4v) is 3.74. The Morgan fingerprint density at radius 2 is 1.88 bits per heavy atom. The third-order valence-electron chi connectivity index (χ3n) is 5.27. The van der Waals surface area contributed by atoms with Gasteiger partial charge in [0.15, 0.2) is 0 Å². The van der Waals surface area contributed by atoms with E-state index in [4.69, 9.17) is 10.5 Å². The van der Waals surface area contributed by atoms with Crippen LogP contribution in [-0.4, -0.2) is 28.5 Å². The van der Waals surface area contributed by atoms with Crippen LogP contribution in [0, 0.1) is 11.8 Å². The van der Waals surface area contributed by atoms with Crippen LogP contribution in [0.4, 0.5) is 5.82 Å². The highest BCUT2D eigenvalue weighted by Crippen LogP contribution is 2.29. The number of nitrogens with one attached hydrogen (secondary N) is 1. The van der Waals surface area contributed by atoms with Gasteiger partial charge in [-0.05, 0) is 57.3 Å². The number of aromatic nitrogens is 2. The van der Waals surface area contributed by atoms with Crippen LogP contribution >= 0.6 is 0 Å². The van der Waals surface area contributed by atoms with Gasteiger partial charge in [-0.2, -0.15) is 4.98 Å². The zero-order chi connectivity index (χ0) is 16.8. The zero-order valence-corrected chi connectivity index (χ0v) is 14.2. The van der Waals surface area contributed by atoms with Crippen LogP contribution in [0.5, 0.6) is 5.88 Å². The first kappa shape index (κ1) is 17.0. The number of anilines is 1. The summed E-state index contributed by atoms with van der Waals surface area (Å²) in [5.41, 5.74) is 5.38. The molecule has 3 rings (SSSR count). The molecular weight excluding hydrogens is 304 g/mol. The van der Waals surface area contributed by atoms with Crippen LogP contribution in [0.3, 0.4) is 0 Å². The topological polar surface area (TPSA) is 90.1 Å². The smallest absolute Gasteiger partial charge is 0.234 e. The maximum Gasteiger partial charge on any atom is 0.234 e.